The highest BCUT2D eigenvalue weighted by Crippen LogP contribution is 2.21. The van der Waals surface area contributed by atoms with Gasteiger partial charge in [-0.15, -0.1) is 11.8 Å². The number of carbonyl (C=O) groups is 1. The zero-order chi connectivity index (χ0) is 16.8. The summed E-state index contributed by atoms with van der Waals surface area (Å²) in [6.07, 6.45) is 2.37. The van der Waals surface area contributed by atoms with E-state index in [2.05, 4.69) is 9.88 Å². The molecule has 2 aromatic rings. The first-order chi connectivity index (χ1) is 11.7. The molecule has 4 nitrogen and oxygen atoms in total. The lowest BCUT2D eigenvalue weighted by atomic mass is 10.3. The van der Waals surface area contributed by atoms with Crippen molar-refractivity contribution in [1.82, 2.24) is 9.88 Å². The lowest BCUT2D eigenvalue weighted by molar-refractivity contribution is -0.131. The van der Waals surface area contributed by atoms with Gasteiger partial charge in [-0.1, -0.05) is 17.7 Å². The predicted octanol–water partition coefficient (Wildman–Crippen LogP) is 3.57. The Labute approximate surface area is 151 Å². The molecule has 6 heteroatoms. The lowest BCUT2D eigenvalue weighted by Crippen LogP contribution is -2.49. The summed E-state index contributed by atoms with van der Waals surface area (Å²) in [6.45, 7) is 3.21. The van der Waals surface area contributed by atoms with Crippen LogP contribution in [0.2, 0.25) is 5.02 Å². The molecule has 1 amide bonds. The van der Waals surface area contributed by atoms with Crippen LogP contribution in [0.15, 0.2) is 53.6 Å². The fraction of sp³-hybridized carbons (Fsp3) is 0.333. The molecule has 0 atom stereocenters. The second-order valence-corrected chi connectivity index (χ2v) is 7.21. The number of carbonyl (C=O) groups excluding carboxylic acids is 1. The van der Waals surface area contributed by atoms with Gasteiger partial charge in [-0.05, 0) is 36.4 Å². The SMILES string of the molecule is O=C(CCSc1ccc(Cl)cc1)N1CCN(c2ccccn2)CC1. The number of pyridine rings is 1. The van der Waals surface area contributed by atoms with Crippen molar-refractivity contribution in [2.75, 3.05) is 36.8 Å². The van der Waals surface area contributed by atoms with Gasteiger partial charge in [-0.25, -0.2) is 4.98 Å². The van der Waals surface area contributed by atoms with Crippen LogP contribution in [0.25, 0.3) is 0 Å². The Morgan fingerprint density at radius 2 is 1.83 bits per heavy atom. The van der Waals surface area contributed by atoms with Crippen LogP contribution in [-0.2, 0) is 4.79 Å². The summed E-state index contributed by atoms with van der Waals surface area (Å²) >= 11 is 7.57. The minimum Gasteiger partial charge on any atom is -0.353 e. The number of rotatable bonds is 5. The molecule has 0 saturated carbocycles. The Hall–Kier alpha value is -1.72. The Morgan fingerprint density at radius 3 is 2.50 bits per heavy atom. The van der Waals surface area contributed by atoms with Crippen molar-refractivity contribution >= 4 is 35.1 Å². The van der Waals surface area contributed by atoms with Gasteiger partial charge in [-0.3, -0.25) is 4.79 Å². The first-order valence-corrected chi connectivity index (χ1v) is 9.41. The number of hydrogen-bond donors (Lipinski definition) is 0. The minimum atomic E-state index is 0.233. The predicted molar refractivity (Wildman–Crippen MR) is 99.8 cm³/mol. The number of hydrogen-bond acceptors (Lipinski definition) is 4. The Bertz CT molecular complexity index is 658. The van der Waals surface area contributed by atoms with Crippen LogP contribution in [0.1, 0.15) is 6.42 Å². The molecular weight excluding hydrogens is 342 g/mol. The molecule has 1 fully saturated rings. The number of piperazine rings is 1. The second-order valence-electron chi connectivity index (χ2n) is 5.61. The molecule has 3 rings (SSSR count). The molecule has 0 aliphatic carbocycles. The summed E-state index contributed by atoms with van der Waals surface area (Å²) in [7, 11) is 0. The molecule has 0 radical (unpaired) electrons. The molecule has 1 aliphatic rings. The second kappa shape index (κ2) is 8.40. The van der Waals surface area contributed by atoms with Gasteiger partial charge in [0.25, 0.3) is 0 Å². The number of benzene rings is 1. The standard InChI is InChI=1S/C18H20ClN3OS/c19-15-4-6-16(7-5-15)24-14-8-18(23)22-12-10-21(11-13-22)17-3-1-2-9-20-17/h1-7,9H,8,10-14H2. The molecule has 1 aromatic carbocycles. The van der Waals surface area contributed by atoms with Crippen molar-refractivity contribution < 1.29 is 4.79 Å². The van der Waals surface area contributed by atoms with Gasteiger partial charge in [0, 0.05) is 54.5 Å². The van der Waals surface area contributed by atoms with Crippen molar-refractivity contribution in [2.24, 2.45) is 0 Å². The van der Waals surface area contributed by atoms with E-state index in [0.29, 0.717) is 6.42 Å². The van der Waals surface area contributed by atoms with E-state index >= 15 is 0 Å². The molecule has 1 saturated heterocycles. The number of anilines is 1. The average Bonchev–Trinajstić information content (AvgIpc) is 2.64. The molecule has 0 N–H and O–H groups in total. The molecular formula is C18H20ClN3OS. The number of aromatic nitrogens is 1. The van der Waals surface area contributed by atoms with Gasteiger partial charge in [0.2, 0.25) is 5.91 Å². The van der Waals surface area contributed by atoms with E-state index in [4.69, 9.17) is 11.6 Å². The molecule has 0 unspecified atom stereocenters. The maximum Gasteiger partial charge on any atom is 0.223 e. The summed E-state index contributed by atoms with van der Waals surface area (Å²) in [6, 6.07) is 13.7. The van der Waals surface area contributed by atoms with Crippen molar-refractivity contribution in [2.45, 2.75) is 11.3 Å². The number of nitrogens with zero attached hydrogens (tertiary/aromatic N) is 3. The molecule has 0 spiro atoms. The molecule has 0 bridgehead atoms. The van der Waals surface area contributed by atoms with E-state index in [1.807, 2.05) is 47.4 Å². The zero-order valence-electron chi connectivity index (χ0n) is 13.4. The van der Waals surface area contributed by atoms with Crippen molar-refractivity contribution in [1.29, 1.82) is 0 Å². The van der Waals surface area contributed by atoms with Crippen molar-refractivity contribution in [3.8, 4) is 0 Å². The van der Waals surface area contributed by atoms with Crippen LogP contribution in [0.3, 0.4) is 0 Å². The Morgan fingerprint density at radius 1 is 1.08 bits per heavy atom. The maximum atomic E-state index is 12.3. The van der Waals surface area contributed by atoms with Gasteiger partial charge in [0.1, 0.15) is 5.82 Å². The molecule has 1 aromatic heterocycles. The van der Waals surface area contributed by atoms with Crippen LogP contribution >= 0.6 is 23.4 Å². The topological polar surface area (TPSA) is 36.4 Å². The fourth-order valence-electron chi connectivity index (χ4n) is 2.67. The number of thioether (sulfide) groups is 1. The summed E-state index contributed by atoms with van der Waals surface area (Å²) in [5.41, 5.74) is 0. The van der Waals surface area contributed by atoms with Gasteiger partial charge < -0.3 is 9.80 Å². The first kappa shape index (κ1) is 17.1. The Kier molecular flexibility index (Phi) is 5.99. The van der Waals surface area contributed by atoms with Gasteiger partial charge >= 0.3 is 0 Å². The van der Waals surface area contributed by atoms with E-state index in [1.54, 1.807) is 18.0 Å². The third-order valence-corrected chi connectivity index (χ3v) is 5.27. The third kappa shape index (κ3) is 4.65. The molecule has 1 aliphatic heterocycles. The van der Waals surface area contributed by atoms with Crippen LogP contribution in [0.5, 0.6) is 0 Å². The summed E-state index contributed by atoms with van der Waals surface area (Å²) < 4.78 is 0. The van der Waals surface area contributed by atoms with Crippen LogP contribution in [0, 0.1) is 0 Å². The molecule has 2 heterocycles. The largest absolute Gasteiger partial charge is 0.353 e. The normalized spacial score (nSPS) is 14.7. The highest BCUT2D eigenvalue weighted by atomic mass is 35.5. The quantitative estimate of drug-likeness (QED) is 0.763. The van der Waals surface area contributed by atoms with Gasteiger partial charge in [0.15, 0.2) is 0 Å². The average molecular weight is 362 g/mol. The zero-order valence-corrected chi connectivity index (χ0v) is 15.0. The van der Waals surface area contributed by atoms with Crippen molar-refractivity contribution in [3.63, 3.8) is 0 Å². The van der Waals surface area contributed by atoms with E-state index in [9.17, 15) is 4.79 Å². The maximum absolute atomic E-state index is 12.3. The highest BCUT2D eigenvalue weighted by molar-refractivity contribution is 7.99. The van der Waals surface area contributed by atoms with Crippen molar-refractivity contribution in [3.05, 3.63) is 53.7 Å². The van der Waals surface area contributed by atoms with Crippen LogP contribution < -0.4 is 4.90 Å². The molecule has 126 valence electrons. The van der Waals surface area contributed by atoms with E-state index in [-0.39, 0.29) is 5.91 Å². The third-order valence-electron chi connectivity index (χ3n) is 4.00. The minimum absolute atomic E-state index is 0.233. The van der Waals surface area contributed by atoms with Gasteiger partial charge in [-0.2, -0.15) is 0 Å². The summed E-state index contributed by atoms with van der Waals surface area (Å²) in [5, 5.41) is 0.737. The Balaban J connectivity index is 1.41. The summed E-state index contributed by atoms with van der Waals surface area (Å²) in [4.78, 5) is 22.0. The lowest BCUT2D eigenvalue weighted by Gasteiger charge is -2.35. The van der Waals surface area contributed by atoms with Crippen LogP contribution in [-0.4, -0.2) is 47.7 Å². The van der Waals surface area contributed by atoms with Gasteiger partial charge in [0.05, 0.1) is 0 Å². The monoisotopic (exact) mass is 361 g/mol. The fourth-order valence-corrected chi connectivity index (χ4v) is 3.64. The van der Waals surface area contributed by atoms with E-state index in [1.165, 1.54) is 0 Å². The first-order valence-electron chi connectivity index (χ1n) is 8.04. The number of halogens is 1. The summed E-state index contributed by atoms with van der Waals surface area (Å²) in [5.74, 6) is 2.01. The number of amides is 1. The smallest absolute Gasteiger partial charge is 0.223 e. The van der Waals surface area contributed by atoms with Crippen LogP contribution in [0.4, 0.5) is 5.82 Å². The molecule has 24 heavy (non-hydrogen) atoms. The highest BCUT2D eigenvalue weighted by Gasteiger charge is 2.21. The van der Waals surface area contributed by atoms with E-state index in [0.717, 1.165) is 47.7 Å². The van der Waals surface area contributed by atoms with E-state index < -0.39 is 0 Å².